The molecule has 0 saturated heterocycles. The molecule has 0 fully saturated rings. The Bertz CT molecular complexity index is 865. The summed E-state index contributed by atoms with van der Waals surface area (Å²) in [5.74, 6) is -0.281. The third kappa shape index (κ3) is 2.90. The zero-order chi connectivity index (χ0) is 15.5. The van der Waals surface area contributed by atoms with E-state index in [0.29, 0.717) is 17.8 Å². The average Bonchev–Trinajstić information content (AvgIpc) is 2.92. The summed E-state index contributed by atoms with van der Waals surface area (Å²) in [6.07, 6.45) is 2.43. The molecule has 1 amide bonds. The zero-order valence-corrected chi connectivity index (χ0v) is 12.2. The van der Waals surface area contributed by atoms with Gasteiger partial charge < -0.3 is 10.3 Å². The summed E-state index contributed by atoms with van der Waals surface area (Å²) < 4.78 is 1.43. The van der Waals surface area contributed by atoms with Crippen LogP contribution in [0.25, 0.3) is 5.52 Å². The fourth-order valence-electron chi connectivity index (χ4n) is 2.29. The van der Waals surface area contributed by atoms with E-state index in [4.69, 9.17) is 0 Å². The first-order chi connectivity index (χ1) is 10.6. The Morgan fingerprint density at radius 2 is 2.09 bits per heavy atom. The van der Waals surface area contributed by atoms with Crippen molar-refractivity contribution < 1.29 is 4.79 Å². The molecule has 22 heavy (non-hydrogen) atoms. The van der Waals surface area contributed by atoms with E-state index in [1.165, 1.54) is 10.6 Å². The molecule has 0 aliphatic heterocycles. The molecule has 0 bridgehead atoms. The predicted octanol–water partition coefficient (Wildman–Crippen LogP) is 1.30. The fraction of sp³-hybridized carbons (Fsp3) is 0.188. The zero-order valence-electron chi connectivity index (χ0n) is 12.2. The number of carbonyl (C=O) groups excluding carboxylic acids is 1. The van der Waals surface area contributed by atoms with Gasteiger partial charge in [-0.1, -0.05) is 30.3 Å². The van der Waals surface area contributed by atoms with Crippen LogP contribution < -0.4 is 10.9 Å². The van der Waals surface area contributed by atoms with E-state index in [2.05, 4.69) is 15.4 Å². The van der Waals surface area contributed by atoms with Crippen molar-refractivity contribution >= 4 is 11.4 Å². The largest absolute Gasteiger partial charge is 0.350 e. The van der Waals surface area contributed by atoms with Gasteiger partial charge in [-0.2, -0.15) is 5.10 Å². The SMILES string of the molecule is Cc1cn2nc(C(=O)NCCc3ccccc3)cc2c(=O)[nH]1. The number of rotatable bonds is 4. The van der Waals surface area contributed by atoms with Crippen LogP contribution in [0.3, 0.4) is 0 Å². The number of fused-ring (bicyclic) bond motifs is 1. The number of nitrogens with zero attached hydrogens (tertiary/aromatic N) is 2. The van der Waals surface area contributed by atoms with Crippen LogP contribution in [0.15, 0.2) is 47.4 Å². The lowest BCUT2D eigenvalue weighted by Gasteiger charge is -2.03. The summed E-state index contributed by atoms with van der Waals surface area (Å²) in [4.78, 5) is 26.6. The third-order valence-electron chi connectivity index (χ3n) is 3.37. The molecular formula is C16H16N4O2. The first kappa shape index (κ1) is 14.1. The quantitative estimate of drug-likeness (QED) is 0.761. The molecule has 6 nitrogen and oxygen atoms in total. The molecule has 0 aliphatic carbocycles. The van der Waals surface area contributed by atoms with Gasteiger partial charge in [-0.05, 0) is 18.9 Å². The second kappa shape index (κ2) is 5.85. The summed E-state index contributed by atoms with van der Waals surface area (Å²) in [5, 5.41) is 6.96. The molecule has 0 radical (unpaired) electrons. The van der Waals surface area contributed by atoms with Gasteiger partial charge in [0.25, 0.3) is 11.5 Å². The fourth-order valence-corrected chi connectivity index (χ4v) is 2.29. The molecule has 0 saturated carbocycles. The Morgan fingerprint density at radius 1 is 1.32 bits per heavy atom. The van der Waals surface area contributed by atoms with Gasteiger partial charge in [0, 0.05) is 24.5 Å². The Morgan fingerprint density at radius 3 is 2.86 bits per heavy atom. The molecule has 6 heteroatoms. The Kier molecular flexibility index (Phi) is 3.74. The molecule has 2 heterocycles. The number of aryl methyl sites for hydroxylation is 1. The Labute approximate surface area is 126 Å². The minimum Gasteiger partial charge on any atom is -0.350 e. The normalized spacial score (nSPS) is 10.8. The number of benzene rings is 1. The van der Waals surface area contributed by atoms with Gasteiger partial charge in [0.15, 0.2) is 5.69 Å². The number of nitrogens with one attached hydrogen (secondary N) is 2. The highest BCUT2D eigenvalue weighted by molar-refractivity contribution is 5.93. The molecule has 2 aromatic heterocycles. The number of hydrogen-bond donors (Lipinski definition) is 2. The molecule has 3 rings (SSSR count). The van der Waals surface area contributed by atoms with Crippen LogP contribution in [0.1, 0.15) is 21.7 Å². The number of amides is 1. The number of aromatic amines is 1. The minimum atomic E-state index is -0.281. The topological polar surface area (TPSA) is 79.3 Å². The number of aromatic nitrogens is 3. The molecule has 3 aromatic rings. The first-order valence-electron chi connectivity index (χ1n) is 7.05. The lowest BCUT2D eigenvalue weighted by molar-refractivity contribution is 0.0949. The van der Waals surface area contributed by atoms with Gasteiger partial charge in [-0.3, -0.25) is 9.59 Å². The maximum Gasteiger partial charge on any atom is 0.274 e. The van der Waals surface area contributed by atoms with Crippen LogP contribution in [0, 0.1) is 6.92 Å². The van der Waals surface area contributed by atoms with Crippen LogP contribution in [-0.2, 0) is 6.42 Å². The van der Waals surface area contributed by atoms with Crippen LogP contribution in [0.2, 0.25) is 0 Å². The smallest absolute Gasteiger partial charge is 0.274 e. The summed E-state index contributed by atoms with van der Waals surface area (Å²) in [6, 6.07) is 11.4. The molecule has 0 aliphatic rings. The molecular weight excluding hydrogens is 280 g/mol. The molecule has 0 atom stereocenters. The number of carbonyl (C=O) groups is 1. The second-order valence-corrected chi connectivity index (χ2v) is 5.12. The highest BCUT2D eigenvalue weighted by atomic mass is 16.2. The molecule has 2 N–H and O–H groups in total. The van der Waals surface area contributed by atoms with Crippen LogP contribution in [0.4, 0.5) is 0 Å². The van der Waals surface area contributed by atoms with Crippen molar-refractivity contribution in [3.8, 4) is 0 Å². The van der Waals surface area contributed by atoms with Gasteiger partial charge >= 0.3 is 0 Å². The van der Waals surface area contributed by atoms with Crippen molar-refractivity contribution in [1.29, 1.82) is 0 Å². The monoisotopic (exact) mass is 296 g/mol. The van der Waals surface area contributed by atoms with Crippen LogP contribution in [0.5, 0.6) is 0 Å². The van der Waals surface area contributed by atoms with Gasteiger partial charge in [0.1, 0.15) is 5.52 Å². The lowest BCUT2D eigenvalue weighted by atomic mass is 10.1. The van der Waals surface area contributed by atoms with Crippen molar-refractivity contribution in [3.05, 3.63) is 69.9 Å². The second-order valence-electron chi connectivity index (χ2n) is 5.12. The van der Waals surface area contributed by atoms with Crippen molar-refractivity contribution in [2.45, 2.75) is 13.3 Å². The Hall–Kier alpha value is -2.89. The van der Waals surface area contributed by atoms with Crippen molar-refractivity contribution in [3.63, 3.8) is 0 Å². The van der Waals surface area contributed by atoms with E-state index in [9.17, 15) is 9.59 Å². The van der Waals surface area contributed by atoms with Crippen molar-refractivity contribution in [1.82, 2.24) is 19.9 Å². The van der Waals surface area contributed by atoms with E-state index in [0.717, 1.165) is 12.0 Å². The standard InChI is InChI=1S/C16H16N4O2/c1-11-10-20-14(16(22)18-11)9-13(19-20)15(21)17-8-7-12-5-3-2-4-6-12/h2-6,9-10H,7-8H2,1H3,(H,17,21)(H,18,22). The Balaban J connectivity index is 1.70. The first-order valence-corrected chi connectivity index (χ1v) is 7.05. The van der Waals surface area contributed by atoms with E-state index < -0.39 is 0 Å². The summed E-state index contributed by atoms with van der Waals surface area (Å²) in [5.41, 5.74) is 2.19. The van der Waals surface area contributed by atoms with Crippen molar-refractivity contribution in [2.75, 3.05) is 6.54 Å². The van der Waals surface area contributed by atoms with Gasteiger partial charge in [-0.15, -0.1) is 0 Å². The van der Waals surface area contributed by atoms with Crippen LogP contribution >= 0.6 is 0 Å². The maximum atomic E-state index is 12.1. The highest BCUT2D eigenvalue weighted by Crippen LogP contribution is 2.03. The number of H-pyrrole nitrogens is 1. The van der Waals surface area contributed by atoms with Crippen molar-refractivity contribution in [2.24, 2.45) is 0 Å². The summed E-state index contributed by atoms with van der Waals surface area (Å²) in [7, 11) is 0. The lowest BCUT2D eigenvalue weighted by Crippen LogP contribution is -2.26. The van der Waals surface area contributed by atoms with Gasteiger partial charge in [-0.25, -0.2) is 4.52 Å². The van der Waals surface area contributed by atoms with E-state index in [-0.39, 0.29) is 17.2 Å². The average molecular weight is 296 g/mol. The number of hydrogen-bond acceptors (Lipinski definition) is 3. The van der Waals surface area contributed by atoms with Gasteiger partial charge in [0.05, 0.1) is 0 Å². The highest BCUT2D eigenvalue weighted by Gasteiger charge is 2.12. The summed E-state index contributed by atoms with van der Waals surface area (Å²) in [6.45, 7) is 2.29. The van der Waals surface area contributed by atoms with E-state index in [1.807, 2.05) is 30.3 Å². The van der Waals surface area contributed by atoms with Gasteiger partial charge in [0.2, 0.25) is 0 Å². The van der Waals surface area contributed by atoms with E-state index >= 15 is 0 Å². The third-order valence-corrected chi connectivity index (χ3v) is 3.37. The van der Waals surface area contributed by atoms with E-state index in [1.54, 1.807) is 13.1 Å². The summed E-state index contributed by atoms with van der Waals surface area (Å²) >= 11 is 0. The molecule has 0 spiro atoms. The predicted molar refractivity (Wildman–Crippen MR) is 83.0 cm³/mol. The molecule has 112 valence electrons. The molecule has 1 aromatic carbocycles. The molecule has 0 unspecified atom stereocenters. The maximum absolute atomic E-state index is 12.1. The van der Waals surface area contributed by atoms with Crippen LogP contribution in [-0.4, -0.2) is 27.0 Å². The minimum absolute atomic E-state index is 0.240.